The molecule has 0 unspecified atom stereocenters. The summed E-state index contributed by atoms with van der Waals surface area (Å²) in [6.07, 6.45) is 5.54. The second-order valence-electron chi connectivity index (χ2n) is 11.9. The fraction of sp³-hybridized carbons (Fsp3) is 0.441. The molecule has 11 nitrogen and oxygen atoms in total. The number of hydroxylamine groups is 1. The van der Waals surface area contributed by atoms with Gasteiger partial charge in [0.2, 0.25) is 5.91 Å². The molecule has 0 bridgehead atoms. The highest BCUT2D eigenvalue weighted by molar-refractivity contribution is 6.02. The maximum absolute atomic E-state index is 14.0. The number of aromatic nitrogens is 2. The highest BCUT2D eigenvalue weighted by Crippen LogP contribution is 2.40. The van der Waals surface area contributed by atoms with Crippen LogP contribution < -0.4 is 25.3 Å². The van der Waals surface area contributed by atoms with Gasteiger partial charge >= 0.3 is 0 Å². The lowest BCUT2D eigenvalue weighted by Gasteiger charge is -2.43. The first-order valence-electron chi connectivity index (χ1n) is 16.1. The highest BCUT2D eigenvalue weighted by Gasteiger charge is 2.31. The number of methoxy groups -OCH3 is 1. The van der Waals surface area contributed by atoms with E-state index in [1.807, 2.05) is 18.2 Å². The van der Waals surface area contributed by atoms with E-state index in [1.54, 1.807) is 24.3 Å². The molecule has 0 radical (unpaired) electrons. The van der Waals surface area contributed by atoms with E-state index in [0.29, 0.717) is 47.8 Å². The Bertz CT molecular complexity index is 1520. The van der Waals surface area contributed by atoms with Gasteiger partial charge in [0.25, 0.3) is 0 Å². The molecule has 3 aliphatic rings. The first-order chi connectivity index (χ1) is 22.4. The van der Waals surface area contributed by atoms with Gasteiger partial charge in [-0.1, -0.05) is 25.6 Å². The van der Waals surface area contributed by atoms with Gasteiger partial charge in [-0.25, -0.2) is 19.4 Å². The number of carbonyl (C=O) groups is 1. The molecule has 3 aliphatic heterocycles. The zero-order valence-electron chi connectivity index (χ0n) is 26.6. The van der Waals surface area contributed by atoms with Crippen molar-refractivity contribution in [2.45, 2.75) is 38.3 Å². The van der Waals surface area contributed by atoms with Crippen molar-refractivity contribution in [3.8, 4) is 5.75 Å². The summed E-state index contributed by atoms with van der Waals surface area (Å²) in [5.41, 5.74) is 3.00. The van der Waals surface area contributed by atoms with E-state index in [-0.39, 0.29) is 17.8 Å². The van der Waals surface area contributed by atoms with Crippen molar-refractivity contribution in [1.82, 2.24) is 19.8 Å². The quantitative estimate of drug-likeness (QED) is 0.299. The Kier molecular flexibility index (Phi) is 9.96. The minimum atomic E-state index is -0.292. The molecule has 0 spiro atoms. The van der Waals surface area contributed by atoms with E-state index in [9.17, 15) is 9.18 Å². The first kappa shape index (κ1) is 31.7. The lowest BCUT2D eigenvalue weighted by Crippen LogP contribution is -2.53. The number of nitrogens with one attached hydrogen (secondary N) is 2. The summed E-state index contributed by atoms with van der Waals surface area (Å²) in [5.74, 6) is 1.08. The summed E-state index contributed by atoms with van der Waals surface area (Å²) in [5, 5.41) is 8.05. The summed E-state index contributed by atoms with van der Waals surface area (Å²) in [6.45, 7) is 13.7. The Hall–Kier alpha value is -4.26. The van der Waals surface area contributed by atoms with Crippen LogP contribution in [0.2, 0.25) is 0 Å². The molecule has 244 valence electrons. The minimum absolute atomic E-state index is 0.182. The van der Waals surface area contributed by atoms with E-state index in [1.165, 1.54) is 24.5 Å². The van der Waals surface area contributed by atoms with Crippen LogP contribution in [0.25, 0.3) is 0 Å². The molecular weight excluding hydrogens is 587 g/mol. The summed E-state index contributed by atoms with van der Waals surface area (Å²) >= 11 is 0. The number of halogens is 1. The predicted molar refractivity (Wildman–Crippen MR) is 178 cm³/mol. The Balaban J connectivity index is 1.21. The van der Waals surface area contributed by atoms with E-state index >= 15 is 0 Å². The number of hydrogen-bond donors (Lipinski definition) is 2. The Labute approximate surface area is 269 Å². The zero-order valence-corrected chi connectivity index (χ0v) is 26.6. The number of hydrogen-bond acceptors (Lipinski definition) is 10. The van der Waals surface area contributed by atoms with Crippen LogP contribution in [0.3, 0.4) is 0 Å². The molecule has 4 heterocycles. The van der Waals surface area contributed by atoms with Gasteiger partial charge in [0.15, 0.2) is 5.82 Å². The molecular formula is C34H43FN8O3. The van der Waals surface area contributed by atoms with E-state index in [4.69, 9.17) is 9.57 Å². The molecule has 2 aromatic carbocycles. The smallest absolute Gasteiger partial charge is 0.247 e. The lowest BCUT2D eigenvalue weighted by molar-refractivity contribution is -0.111. The van der Waals surface area contributed by atoms with Crippen LogP contribution in [0.4, 0.5) is 33.1 Å². The average Bonchev–Trinajstić information content (AvgIpc) is 3.59. The third-order valence-corrected chi connectivity index (χ3v) is 9.22. The molecule has 2 N–H and O–H groups in total. The summed E-state index contributed by atoms with van der Waals surface area (Å²) < 4.78 is 19.8. The predicted octanol–water partition coefficient (Wildman–Crippen LogP) is 4.98. The van der Waals surface area contributed by atoms with Crippen molar-refractivity contribution in [3.05, 3.63) is 72.8 Å². The maximum Gasteiger partial charge on any atom is 0.247 e. The van der Waals surface area contributed by atoms with Gasteiger partial charge in [0.05, 0.1) is 36.8 Å². The largest absolute Gasteiger partial charge is 0.494 e. The van der Waals surface area contributed by atoms with E-state index < -0.39 is 0 Å². The van der Waals surface area contributed by atoms with Crippen molar-refractivity contribution < 1.29 is 18.8 Å². The number of piperazine rings is 1. The second kappa shape index (κ2) is 14.4. The molecule has 3 aromatic rings. The van der Waals surface area contributed by atoms with Gasteiger partial charge < -0.3 is 25.2 Å². The summed E-state index contributed by atoms with van der Waals surface area (Å²) in [6, 6.07) is 12.5. The number of carbonyl (C=O) groups excluding carboxylic acids is 1. The fourth-order valence-corrected chi connectivity index (χ4v) is 6.68. The van der Waals surface area contributed by atoms with Crippen LogP contribution in [0.5, 0.6) is 5.75 Å². The lowest BCUT2D eigenvalue weighted by atomic mass is 10.0. The Morgan fingerprint density at radius 2 is 1.87 bits per heavy atom. The van der Waals surface area contributed by atoms with Crippen LogP contribution in [0.15, 0.2) is 61.4 Å². The van der Waals surface area contributed by atoms with E-state index in [2.05, 4.69) is 48.8 Å². The Morgan fingerprint density at radius 1 is 1.07 bits per heavy atom. The number of ether oxygens (including phenoxy) is 1. The van der Waals surface area contributed by atoms with Gasteiger partial charge in [-0.15, -0.1) is 0 Å². The summed E-state index contributed by atoms with van der Waals surface area (Å²) in [7, 11) is 1.63. The molecule has 46 heavy (non-hydrogen) atoms. The summed E-state index contributed by atoms with van der Waals surface area (Å²) in [4.78, 5) is 34.8. The molecule has 0 aliphatic carbocycles. The molecule has 1 aromatic heterocycles. The monoisotopic (exact) mass is 630 g/mol. The van der Waals surface area contributed by atoms with Gasteiger partial charge in [0.1, 0.15) is 23.7 Å². The highest BCUT2D eigenvalue weighted by atomic mass is 19.1. The van der Waals surface area contributed by atoms with Crippen LogP contribution in [0.1, 0.15) is 37.8 Å². The van der Waals surface area contributed by atoms with Gasteiger partial charge in [-0.05, 0) is 49.2 Å². The number of anilines is 5. The van der Waals surface area contributed by atoms with Crippen LogP contribution in [-0.4, -0.2) is 91.2 Å². The van der Waals surface area contributed by atoms with Crippen LogP contribution in [-0.2, 0) is 9.63 Å². The number of benzene rings is 2. The van der Waals surface area contributed by atoms with Crippen molar-refractivity contribution in [2.24, 2.45) is 0 Å². The van der Waals surface area contributed by atoms with Crippen molar-refractivity contribution in [2.75, 3.05) is 80.1 Å². The molecule has 12 heteroatoms. The third-order valence-electron chi connectivity index (χ3n) is 9.22. The molecule has 1 atom stereocenters. The van der Waals surface area contributed by atoms with Gasteiger partial charge in [-0.3, -0.25) is 14.5 Å². The van der Waals surface area contributed by atoms with Crippen molar-refractivity contribution >= 4 is 34.6 Å². The fourth-order valence-electron chi connectivity index (χ4n) is 6.68. The SMILES string of the molecule is C=CC(=O)Nc1cc(Nc2cc(N3OCC[C@@H]3c3cccc(F)c3)ncn2)c(OC)cc1N1CCC(N2CCN(CC)CC2)CC1. The normalized spacial score (nSPS) is 19.7. The number of likely N-dealkylation sites (N-methyl/N-ethyl adjacent to an activating group) is 1. The Morgan fingerprint density at radius 3 is 2.59 bits per heavy atom. The standard InChI is InChI=1S/C34H43FN8O3/c1-4-34(44)39-27-20-28(31(45-3)21-30(27)42-12-9-26(10-13-42)41-16-14-40(5-2)15-17-41)38-32-22-33(37-23-36-32)43-29(11-18-46-43)24-7-6-8-25(35)19-24/h4,6-8,19-23,26,29H,1,5,9-18H2,2-3H3,(H,39,44)(H,36,37,38)/t29-/m1/s1. The zero-order chi connectivity index (χ0) is 32.0. The number of piperidine rings is 1. The number of amides is 1. The first-order valence-corrected chi connectivity index (χ1v) is 16.1. The molecule has 1 amide bonds. The number of rotatable bonds is 10. The van der Waals surface area contributed by atoms with Crippen molar-refractivity contribution in [3.63, 3.8) is 0 Å². The van der Waals surface area contributed by atoms with Crippen LogP contribution in [0, 0.1) is 5.82 Å². The van der Waals surface area contributed by atoms with Crippen LogP contribution >= 0.6 is 0 Å². The number of nitrogens with zero attached hydrogens (tertiary/aromatic N) is 6. The maximum atomic E-state index is 14.0. The topological polar surface area (TPSA) is 98.3 Å². The molecule has 3 fully saturated rings. The average molecular weight is 631 g/mol. The van der Waals surface area contributed by atoms with E-state index in [0.717, 1.165) is 69.9 Å². The van der Waals surface area contributed by atoms with Gasteiger partial charge in [-0.2, -0.15) is 0 Å². The van der Waals surface area contributed by atoms with Gasteiger partial charge in [0, 0.05) is 63.9 Å². The minimum Gasteiger partial charge on any atom is -0.494 e. The molecule has 6 rings (SSSR count). The second-order valence-corrected chi connectivity index (χ2v) is 11.9. The van der Waals surface area contributed by atoms with Crippen molar-refractivity contribution in [1.29, 1.82) is 0 Å². The third kappa shape index (κ3) is 7.09. The molecule has 0 saturated carbocycles. The molecule has 3 saturated heterocycles.